The van der Waals surface area contributed by atoms with Crippen LogP contribution in [-0.2, 0) is 16.1 Å². The molecule has 2 aromatic carbocycles. The van der Waals surface area contributed by atoms with Crippen molar-refractivity contribution >= 4 is 11.5 Å². The lowest BCUT2D eigenvalue weighted by Gasteiger charge is -2.38. The van der Waals surface area contributed by atoms with Gasteiger partial charge in [0.1, 0.15) is 11.5 Å². The van der Waals surface area contributed by atoms with E-state index in [1.165, 1.54) is 0 Å². The Kier molecular flexibility index (Phi) is 8.46. The van der Waals surface area contributed by atoms with E-state index in [-0.39, 0.29) is 17.9 Å². The summed E-state index contributed by atoms with van der Waals surface area (Å²) < 4.78 is 5.51. The van der Waals surface area contributed by atoms with Crippen molar-refractivity contribution in [1.82, 2.24) is 9.80 Å². The lowest BCUT2D eigenvalue weighted by Crippen LogP contribution is -2.51. The van der Waals surface area contributed by atoms with Crippen LogP contribution in [-0.4, -0.2) is 66.1 Å². The zero-order valence-corrected chi connectivity index (χ0v) is 18.9. The molecule has 2 N–H and O–H groups in total. The fraction of sp³-hybridized carbons (Fsp3) is 0.480. The van der Waals surface area contributed by atoms with Crippen molar-refractivity contribution in [2.75, 3.05) is 44.7 Å². The maximum atomic E-state index is 12.8. The minimum absolute atomic E-state index is 0.130. The Labute approximate surface area is 185 Å². The van der Waals surface area contributed by atoms with Gasteiger partial charge in [-0.25, -0.2) is 0 Å². The van der Waals surface area contributed by atoms with Crippen molar-refractivity contribution in [2.45, 2.75) is 39.4 Å². The van der Waals surface area contributed by atoms with Gasteiger partial charge in [-0.15, -0.1) is 0 Å². The number of carbonyl (C=O) groups is 1. The summed E-state index contributed by atoms with van der Waals surface area (Å²) in [6, 6.07) is 15.2. The Morgan fingerprint density at radius 3 is 2.42 bits per heavy atom. The molecule has 1 aliphatic rings. The van der Waals surface area contributed by atoms with Gasteiger partial charge >= 0.3 is 0 Å². The Balaban J connectivity index is 1.93. The first-order chi connectivity index (χ1) is 15.0. The summed E-state index contributed by atoms with van der Waals surface area (Å²) in [5.41, 5.74) is 2.84. The van der Waals surface area contributed by atoms with Gasteiger partial charge in [0.05, 0.1) is 25.3 Å². The summed E-state index contributed by atoms with van der Waals surface area (Å²) in [7, 11) is 0. The third-order valence-electron chi connectivity index (χ3n) is 6.02. The molecular formula is C25H35N3O3. The molecule has 2 aromatic rings. The molecule has 6 heteroatoms. The van der Waals surface area contributed by atoms with E-state index in [1.807, 2.05) is 30.3 Å². The number of rotatable bonds is 10. The van der Waals surface area contributed by atoms with E-state index in [1.54, 1.807) is 13.0 Å². The van der Waals surface area contributed by atoms with Crippen molar-refractivity contribution in [1.29, 1.82) is 0 Å². The van der Waals surface area contributed by atoms with Gasteiger partial charge < -0.3 is 15.2 Å². The fourth-order valence-electron chi connectivity index (χ4n) is 4.23. The van der Waals surface area contributed by atoms with Crippen LogP contribution in [0.15, 0.2) is 48.5 Å². The first-order valence-electron chi connectivity index (χ1n) is 11.2. The molecule has 31 heavy (non-hydrogen) atoms. The van der Waals surface area contributed by atoms with Crippen LogP contribution in [0.2, 0.25) is 0 Å². The normalized spacial score (nSPS) is 16.8. The molecule has 2 unspecified atom stereocenters. The number of benzene rings is 2. The zero-order chi connectivity index (χ0) is 22.2. The molecule has 0 amide bonds. The van der Waals surface area contributed by atoms with Crippen LogP contribution >= 0.6 is 0 Å². The van der Waals surface area contributed by atoms with Crippen molar-refractivity contribution in [3.63, 3.8) is 0 Å². The van der Waals surface area contributed by atoms with Crippen LogP contribution in [0.1, 0.15) is 37.9 Å². The van der Waals surface area contributed by atoms with E-state index in [0.29, 0.717) is 25.5 Å². The van der Waals surface area contributed by atoms with E-state index in [2.05, 4.69) is 41.1 Å². The summed E-state index contributed by atoms with van der Waals surface area (Å²) in [6.45, 7) is 11.2. The maximum absolute atomic E-state index is 12.8. The number of carbonyl (C=O) groups excluding carboxylic acids is 1. The predicted molar refractivity (Wildman–Crippen MR) is 124 cm³/mol. The van der Waals surface area contributed by atoms with Gasteiger partial charge in [0.15, 0.2) is 0 Å². The average molecular weight is 426 g/mol. The van der Waals surface area contributed by atoms with Crippen molar-refractivity contribution in [3.8, 4) is 5.75 Å². The van der Waals surface area contributed by atoms with Crippen molar-refractivity contribution in [2.24, 2.45) is 0 Å². The predicted octanol–water partition coefficient (Wildman–Crippen LogP) is 3.68. The highest BCUT2D eigenvalue weighted by molar-refractivity contribution is 5.83. The summed E-state index contributed by atoms with van der Waals surface area (Å²) in [6.07, 6.45) is 0. The topological polar surface area (TPSA) is 65.0 Å². The molecule has 0 spiro atoms. The van der Waals surface area contributed by atoms with Gasteiger partial charge in [0.25, 0.3) is 0 Å². The first kappa shape index (κ1) is 23.3. The summed E-state index contributed by atoms with van der Waals surface area (Å²) in [4.78, 5) is 17.3. The van der Waals surface area contributed by atoms with Crippen LogP contribution in [0.3, 0.4) is 0 Å². The molecule has 0 radical (unpaired) electrons. The Morgan fingerprint density at radius 1 is 1.13 bits per heavy atom. The largest absolute Gasteiger partial charge is 0.508 e. The third-order valence-corrected chi connectivity index (χ3v) is 6.02. The second-order valence-corrected chi connectivity index (χ2v) is 8.04. The number of hydrogen-bond donors (Lipinski definition) is 2. The number of ether oxygens (including phenoxy) is 1. The van der Waals surface area contributed by atoms with Gasteiger partial charge in [-0.05, 0) is 43.8 Å². The minimum Gasteiger partial charge on any atom is -0.508 e. The molecule has 0 bridgehead atoms. The van der Waals surface area contributed by atoms with Gasteiger partial charge in [0.2, 0.25) is 0 Å². The van der Waals surface area contributed by atoms with Gasteiger partial charge in [-0.1, -0.05) is 44.2 Å². The van der Waals surface area contributed by atoms with Crippen LogP contribution in [0.5, 0.6) is 5.75 Å². The number of ketones is 1. The quantitative estimate of drug-likeness (QED) is 0.566. The van der Waals surface area contributed by atoms with Crippen molar-refractivity contribution < 1.29 is 14.6 Å². The highest BCUT2D eigenvalue weighted by Crippen LogP contribution is 2.30. The molecule has 1 aliphatic heterocycles. The van der Waals surface area contributed by atoms with Crippen LogP contribution in [0.4, 0.5) is 5.69 Å². The summed E-state index contributed by atoms with van der Waals surface area (Å²) in [5.74, 6) is 0.426. The van der Waals surface area contributed by atoms with Crippen LogP contribution in [0, 0.1) is 0 Å². The number of aromatic hydroxyl groups is 1. The second-order valence-electron chi connectivity index (χ2n) is 8.04. The number of nitrogens with zero attached hydrogens (tertiary/aromatic N) is 2. The van der Waals surface area contributed by atoms with E-state index in [9.17, 15) is 9.90 Å². The van der Waals surface area contributed by atoms with E-state index in [4.69, 9.17) is 4.74 Å². The van der Waals surface area contributed by atoms with Gasteiger partial charge in [0, 0.05) is 30.9 Å². The molecule has 2 atom stereocenters. The molecule has 6 nitrogen and oxygen atoms in total. The molecule has 0 aliphatic carbocycles. The molecule has 1 heterocycles. The van der Waals surface area contributed by atoms with E-state index < -0.39 is 0 Å². The summed E-state index contributed by atoms with van der Waals surface area (Å²) in [5, 5.41) is 14.0. The highest BCUT2D eigenvalue weighted by Gasteiger charge is 2.33. The minimum atomic E-state index is -0.300. The number of nitrogens with one attached hydrogen (secondary N) is 1. The number of hydrogen-bond acceptors (Lipinski definition) is 6. The SMILES string of the molecule is CCN(CC)Cc1cc(NC(c2ccccc2)C(C(C)=O)N2CCOCC2)ccc1O. The maximum Gasteiger partial charge on any atom is 0.149 e. The molecular weight excluding hydrogens is 390 g/mol. The third kappa shape index (κ3) is 6.06. The number of phenols is 1. The Bertz CT molecular complexity index is 833. The van der Waals surface area contributed by atoms with Gasteiger partial charge in [-0.2, -0.15) is 0 Å². The fourth-order valence-corrected chi connectivity index (χ4v) is 4.23. The zero-order valence-electron chi connectivity index (χ0n) is 18.9. The Hall–Kier alpha value is -2.41. The lowest BCUT2D eigenvalue weighted by molar-refractivity contribution is -0.124. The second kappa shape index (κ2) is 11.3. The molecule has 1 saturated heterocycles. The first-order valence-corrected chi connectivity index (χ1v) is 11.2. The molecule has 0 saturated carbocycles. The Morgan fingerprint density at radius 2 is 1.81 bits per heavy atom. The monoisotopic (exact) mass is 425 g/mol. The number of morpholine rings is 1. The lowest BCUT2D eigenvalue weighted by atomic mass is 9.94. The molecule has 0 aromatic heterocycles. The highest BCUT2D eigenvalue weighted by atomic mass is 16.5. The summed E-state index contributed by atoms with van der Waals surface area (Å²) >= 11 is 0. The molecule has 3 rings (SSSR count). The van der Waals surface area contributed by atoms with E-state index >= 15 is 0 Å². The molecule has 1 fully saturated rings. The number of Topliss-reactive ketones (excluding diaryl/α,β-unsaturated/α-hetero) is 1. The van der Waals surface area contributed by atoms with E-state index in [0.717, 1.165) is 43.0 Å². The van der Waals surface area contributed by atoms with Crippen molar-refractivity contribution in [3.05, 3.63) is 59.7 Å². The number of anilines is 1. The van der Waals surface area contributed by atoms with Gasteiger partial charge in [-0.3, -0.25) is 14.6 Å². The average Bonchev–Trinajstić information content (AvgIpc) is 2.80. The standard InChI is InChI=1S/C25H35N3O3/c1-4-27(5-2)18-21-17-22(11-12-23(21)30)26-24(20-9-7-6-8-10-20)25(19(3)29)28-13-15-31-16-14-28/h6-12,17,24-26,30H,4-5,13-16,18H2,1-3H3. The number of phenolic OH excluding ortho intramolecular Hbond substituents is 1. The van der Waals surface area contributed by atoms with Crippen LogP contribution < -0.4 is 5.32 Å². The van der Waals surface area contributed by atoms with Crippen LogP contribution in [0.25, 0.3) is 0 Å². The smallest absolute Gasteiger partial charge is 0.149 e. The molecule has 168 valence electrons.